The third-order valence-electron chi connectivity index (χ3n) is 5.21. The fourth-order valence-electron chi connectivity index (χ4n) is 3.66. The lowest BCUT2D eigenvalue weighted by molar-refractivity contribution is -0.151. The van der Waals surface area contributed by atoms with Crippen LogP contribution in [-0.4, -0.2) is 67.1 Å². The van der Waals surface area contributed by atoms with E-state index in [0.717, 1.165) is 25.9 Å². The lowest BCUT2D eigenvalue weighted by atomic mass is 9.97. The minimum Gasteiger partial charge on any atom is -0.466 e. The maximum Gasteiger partial charge on any atom is 0.342 e. The minimum absolute atomic E-state index is 0.162. The number of carbonyl (C=O) groups excluding carboxylic acids is 3. The van der Waals surface area contributed by atoms with Crippen LogP contribution >= 0.6 is 0 Å². The first-order valence-electron chi connectivity index (χ1n) is 9.91. The molecule has 3 rings (SSSR count). The summed E-state index contributed by atoms with van der Waals surface area (Å²) in [5, 5.41) is 0. The summed E-state index contributed by atoms with van der Waals surface area (Å²) in [6.45, 7) is 4.50. The van der Waals surface area contributed by atoms with Crippen molar-refractivity contribution in [2.75, 3.05) is 44.3 Å². The van der Waals surface area contributed by atoms with Crippen molar-refractivity contribution in [1.29, 1.82) is 0 Å². The number of hydrogen-bond donors (Lipinski definition) is 0. The van der Waals surface area contributed by atoms with Gasteiger partial charge >= 0.3 is 11.9 Å². The summed E-state index contributed by atoms with van der Waals surface area (Å²) in [5.74, 6) is -0.531. The Kier molecular flexibility index (Phi) is 6.84. The van der Waals surface area contributed by atoms with Crippen molar-refractivity contribution in [2.24, 2.45) is 5.92 Å². The number of nitrogens with zero attached hydrogens (tertiary/aromatic N) is 3. The third kappa shape index (κ3) is 4.79. The first-order chi connectivity index (χ1) is 13.6. The molecule has 2 fully saturated rings. The van der Waals surface area contributed by atoms with Crippen molar-refractivity contribution in [2.45, 2.75) is 32.6 Å². The number of amides is 1. The lowest BCUT2D eigenvalue weighted by Crippen LogP contribution is -2.42. The molecule has 0 unspecified atom stereocenters. The Bertz CT molecular complexity index is 710. The maximum atomic E-state index is 12.5. The predicted molar refractivity (Wildman–Crippen MR) is 102 cm³/mol. The Morgan fingerprint density at radius 1 is 1.11 bits per heavy atom. The van der Waals surface area contributed by atoms with Gasteiger partial charge in [-0.15, -0.1) is 0 Å². The van der Waals surface area contributed by atoms with E-state index in [0.29, 0.717) is 43.9 Å². The highest BCUT2D eigenvalue weighted by Gasteiger charge is 2.29. The average Bonchev–Trinajstić information content (AvgIpc) is 3.27. The van der Waals surface area contributed by atoms with Gasteiger partial charge in [-0.25, -0.2) is 9.78 Å². The first kappa shape index (κ1) is 20.1. The zero-order valence-corrected chi connectivity index (χ0v) is 16.3. The molecule has 2 aliphatic rings. The van der Waals surface area contributed by atoms with Crippen molar-refractivity contribution >= 4 is 23.7 Å². The van der Waals surface area contributed by atoms with Crippen molar-refractivity contribution < 1.29 is 23.9 Å². The number of esters is 2. The fraction of sp³-hybridized carbons (Fsp3) is 0.600. The van der Waals surface area contributed by atoms with Gasteiger partial charge < -0.3 is 19.3 Å². The Hall–Kier alpha value is -2.64. The zero-order chi connectivity index (χ0) is 19.9. The van der Waals surface area contributed by atoms with Crippen LogP contribution in [0.15, 0.2) is 18.3 Å². The van der Waals surface area contributed by atoms with Gasteiger partial charge in [-0.2, -0.15) is 0 Å². The van der Waals surface area contributed by atoms with E-state index in [2.05, 4.69) is 9.88 Å². The molecule has 0 radical (unpaired) electrons. The topological polar surface area (TPSA) is 89.0 Å². The van der Waals surface area contributed by atoms with Crippen molar-refractivity contribution in [1.82, 2.24) is 9.88 Å². The molecule has 0 atom stereocenters. The monoisotopic (exact) mass is 389 g/mol. The van der Waals surface area contributed by atoms with Gasteiger partial charge in [0.2, 0.25) is 0 Å². The van der Waals surface area contributed by atoms with E-state index in [-0.39, 0.29) is 24.4 Å². The second-order valence-electron chi connectivity index (χ2n) is 7.05. The Morgan fingerprint density at radius 2 is 1.82 bits per heavy atom. The number of hydrogen-bond acceptors (Lipinski definition) is 7. The number of piperidine rings is 1. The number of anilines is 1. The van der Waals surface area contributed by atoms with Crippen LogP contribution in [0.2, 0.25) is 0 Å². The first-order valence-corrected chi connectivity index (χ1v) is 9.91. The fourth-order valence-corrected chi connectivity index (χ4v) is 3.66. The molecule has 0 aromatic carbocycles. The summed E-state index contributed by atoms with van der Waals surface area (Å²) in [7, 11) is 0. The molecule has 0 bridgehead atoms. The number of ether oxygens (including phenoxy) is 2. The van der Waals surface area contributed by atoms with Crippen molar-refractivity contribution in [3.8, 4) is 0 Å². The van der Waals surface area contributed by atoms with Gasteiger partial charge in [0.05, 0.1) is 12.5 Å². The van der Waals surface area contributed by atoms with Gasteiger partial charge in [-0.05, 0) is 44.7 Å². The number of aromatic nitrogens is 1. The molecule has 1 aromatic rings. The number of rotatable bonds is 6. The van der Waals surface area contributed by atoms with E-state index in [1.165, 1.54) is 0 Å². The standard InChI is InChI=1S/C20H27N3O5/c1-2-27-19(25)15-7-12-22(13-8-15)17(24)14-28-20(26)16-6-5-9-21-18(16)23-10-3-4-11-23/h5-6,9,15H,2-4,7-8,10-14H2,1H3. The molecule has 0 spiro atoms. The molecule has 1 aromatic heterocycles. The molecule has 1 amide bonds. The minimum atomic E-state index is -0.537. The summed E-state index contributed by atoms with van der Waals surface area (Å²) in [5.41, 5.74) is 0.387. The molecule has 2 saturated heterocycles. The molecule has 0 N–H and O–H groups in total. The molecule has 3 heterocycles. The quantitative estimate of drug-likeness (QED) is 0.683. The molecule has 8 nitrogen and oxygen atoms in total. The van der Waals surface area contributed by atoms with Crippen LogP contribution in [-0.2, 0) is 19.1 Å². The van der Waals surface area contributed by atoms with Crippen LogP contribution in [0.25, 0.3) is 0 Å². The lowest BCUT2D eigenvalue weighted by Gasteiger charge is -2.30. The van der Waals surface area contributed by atoms with Crippen LogP contribution in [0.1, 0.15) is 43.0 Å². The zero-order valence-electron chi connectivity index (χ0n) is 16.3. The van der Waals surface area contributed by atoms with E-state index in [4.69, 9.17) is 9.47 Å². The molecular weight excluding hydrogens is 362 g/mol. The predicted octanol–water partition coefficient (Wildman–Crippen LogP) is 1.64. The van der Waals surface area contributed by atoms with Crippen LogP contribution in [0, 0.1) is 5.92 Å². The molecule has 8 heteroatoms. The van der Waals surface area contributed by atoms with Crippen molar-refractivity contribution in [3.63, 3.8) is 0 Å². The van der Waals surface area contributed by atoms with Gasteiger partial charge in [-0.3, -0.25) is 9.59 Å². The average molecular weight is 389 g/mol. The smallest absolute Gasteiger partial charge is 0.342 e. The molecule has 152 valence electrons. The highest BCUT2D eigenvalue weighted by Crippen LogP contribution is 2.23. The second kappa shape index (κ2) is 9.52. The van der Waals surface area contributed by atoms with E-state index < -0.39 is 5.97 Å². The SMILES string of the molecule is CCOC(=O)C1CCN(C(=O)COC(=O)c2cccnc2N2CCCC2)CC1. The summed E-state index contributed by atoms with van der Waals surface area (Å²) in [4.78, 5) is 44.7. The van der Waals surface area contributed by atoms with Gasteiger partial charge in [0.1, 0.15) is 11.4 Å². The van der Waals surface area contributed by atoms with E-state index in [9.17, 15) is 14.4 Å². The van der Waals surface area contributed by atoms with Crippen LogP contribution < -0.4 is 4.90 Å². The highest BCUT2D eigenvalue weighted by molar-refractivity contribution is 5.96. The van der Waals surface area contributed by atoms with Gasteiger partial charge in [0.25, 0.3) is 5.91 Å². The van der Waals surface area contributed by atoms with Gasteiger partial charge in [-0.1, -0.05) is 0 Å². The Balaban J connectivity index is 1.50. The van der Waals surface area contributed by atoms with E-state index in [1.807, 2.05) is 0 Å². The number of likely N-dealkylation sites (tertiary alicyclic amines) is 1. The Morgan fingerprint density at radius 3 is 2.50 bits per heavy atom. The maximum absolute atomic E-state index is 12.5. The molecule has 28 heavy (non-hydrogen) atoms. The summed E-state index contributed by atoms with van der Waals surface area (Å²) >= 11 is 0. The normalized spacial score (nSPS) is 17.5. The largest absolute Gasteiger partial charge is 0.466 e. The summed E-state index contributed by atoms with van der Waals surface area (Å²) < 4.78 is 10.3. The molecule has 0 aliphatic carbocycles. The summed E-state index contributed by atoms with van der Waals surface area (Å²) in [6, 6.07) is 3.37. The van der Waals surface area contributed by atoms with Gasteiger partial charge in [0, 0.05) is 32.4 Å². The van der Waals surface area contributed by atoms with E-state index >= 15 is 0 Å². The molecule has 0 saturated carbocycles. The number of carbonyl (C=O) groups is 3. The van der Waals surface area contributed by atoms with Crippen LogP contribution in [0.5, 0.6) is 0 Å². The van der Waals surface area contributed by atoms with Crippen LogP contribution in [0.3, 0.4) is 0 Å². The summed E-state index contributed by atoms with van der Waals surface area (Å²) in [6.07, 6.45) is 4.94. The molecule has 2 aliphatic heterocycles. The van der Waals surface area contributed by atoms with Crippen molar-refractivity contribution in [3.05, 3.63) is 23.9 Å². The van der Waals surface area contributed by atoms with E-state index in [1.54, 1.807) is 30.2 Å². The van der Waals surface area contributed by atoms with Gasteiger partial charge in [0.15, 0.2) is 6.61 Å². The highest BCUT2D eigenvalue weighted by atomic mass is 16.5. The van der Waals surface area contributed by atoms with Crippen LogP contribution in [0.4, 0.5) is 5.82 Å². The third-order valence-corrected chi connectivity index (χ3v) is 5.21. The Labute approximate surface area is 164 Å². The molecular formula is C20H27N3O5. The second-order valence-corrected chi connectivity index (χ2v) is 7.05. The number of pyridine rings is 1.